The zero-order valence-electron chi connectivity index (χ0n) is 9.69. The van der Waals surface area contributed by atoms with Gasteiger partial charge in [0.15, 0.2) is 0 Å². The van der Waals surface area contributed by atoms with Gasteiger partial charge in [-0.15, -0.1) is 0 Å². The molecule has 1 fully saturated rings. The van der Waals surface area contributed by atoms with Crippen LogP contribution >= 0.6 is 11.6 Å². The summed E-state index contributed by atoms with van der Waals surface area (Å²) in [5, 5.41) is 9.29. The molecule has 1 unspecified atom stereocenters. The van der Waals surface area contributed by atoms with Crippen LogP contribution in [0.15, 0.2) is 17.2 Å². The Bertz CT molecular complexity index is 435. The molecule has 1 aromatic heterocycles. The Morgan fingerprint density at radius 2 is 2.41 bits per heavy atom. The summed E-state index contributed by atoms with van der Waals surface area (Å²) in [4.78, 5) is 6.99. The predicted molar refractivity (Wildman–Crippen MR) is 65.5 cm³/mol. The van der Waals surface area contributed by atoms with Gasteiger partial charge in [0.05, 0.1) is 17.5 Å². The van der Waals surface area contributed by atoms with Crippen molar-refractivity contribution in [3.63, 3.8) is 0 Å². The Hall–Kier alpha value is -0.0500. The molecular formula is C11H11ClN3NaS. The molecule has 0 amide bonds. The fraction of sp³-hybridized carbons (Fsp3) is 0.455. The first-order valence-electron chi connectivity index (χ1n) is 5.19. The molecule has 1 aromatic rings. The minimum Gasteiger partial charge on any atom is -0.778 e. The van der Waals surface area contributed by atoms with E-state index in [2.05, 4.69) is 16.0 Å². The minimum atomic E-state index is 0. The third-order valence-electron chi connectivity index (χ3n) is 2.81. The molecule has 0 radical (unpaired) electrons. The molecule has 6 heteroatoms. The Morgan fingerprint density at radius 3 is 3.12 bits per heavy atom. The number of hydrogen-bond acceptors (Lipinski definition) is 4. The number of nitrogens with zero attached hydrogens (tertiary/aromatic N) is 3. The topological polar surface area (TPSA) is 39.9 Å². The van der Waals surface area contributed by atoms with E-state index in [4.69, 9.17) is 29.5 Å². The molecule has 2 heterocycles. The summed E-state index contributed by atoms with van der Waals surface area (Å²) >= 11 is 11.3. The molecule has 0 aliphatic carbocycles. The SMILES string of the molecule is N#CCC1CCCN1c1nccc([S-])c1Cl.[Na+]. The summed E-state index contributed by atoms with van der Waals surface area (Å²) in [7, 11) is 0. The van der Waals surface area contributed by atoms with Crippen LogP contribution in [0.3, 0.4) is 0 Å². The fourth-order valence-corrected chi connectivity index (χ4v) is 2.42. The Balaban J connectivity index is 0.00000144. The monoisotopic (exact) mass is 275 g/mol. The van der Waals surface area contributed by atoms with E-state index in [0.29, 0.717) is 16.3 Å². The van der Waals surface area contributed by atoms with Crippen LogP contribution in [0.5, 0.6) is 0 Å². The van der Waals surface area contributed by atoms with E-state index < -0.39 is 0 Å². The molecule has 1 atom stereocenters. The second kappa shape index (κ2) is 6.77. The largest absolute Gasteiger partial charge is 1.00 e. The first kappa shape index (κ1) is 15.0. The van der Waals surface area contributed by atoms with E-state index in [1.165, 1.54) is 0 Å². The summed E-state index contributed by atoms with van der Waals surface area (Å²) < 4.78 is 0. The predicted octanol–water partition coefficient (Wildman–Crippen LogP) is -0.473. The molecule has 0 spiro atoms. The van der Waals surface area contributed by atoms with Crippen molar-refractivity contribution in [2.45, 2.75) is 30.2 Å². The van der Waals surface area contributed by atoms with Crippen LogP contribution in [-0.4, -0.2) is 17.6 Å². The maximum absolute atomic E-state index is 8.76. The molecule has 0 N–H and O–H groups in total. The Kier molecular flexibility index (Phi) is 5.98. The van der Waals surface area contributed by atoms with Crippen molar-refractivity contribution in [1.29, 1.82) is 5.26 Å². The average Bonchev–Trinajstić information content (AvgIpc) is 2.71. The molecule has 1 aliphatic rings. The smallest absolute Gasteiger partial charge is 0.778 e. The molecule has 0 bridgehead atoms. The van der Waals surface area contributed by atoms with Crippen molar-refractivity contribution in [3.8, 4) is 6.07 Å². The maximum Gasteiger partial charge on any atom is 1.00 e. The molecule has 84 valence electrons. The normalized spacial score (nSPS) is 18.6. The van der Waals surface area contributed by atoms with E-state index in [1.54, 1.807) is 12.3 Å². The number of nitriles is 1. The number of aromatic nitrogens is 1. The van der Waals surface area contributed by atoms with Gasteiger partial charge < -0.3 is 17.5 Å². The first-order valence-corrected chi connectivity index (χ1v) is 5.97. The van der Waals surface area contributed by atoms with Gasteiger partial charge >= 0.3 is 29.6 Å². The summed E-state index contributed by atoms with van der Waals surface area (Å²) in [5.41, 5.74) is 0. The molecule has 0 saturated carbocycles. The molecule has 1 saturated heterocycles. The number of pyridine rings is 1. The third kappa shape index (κ3) is 3.24. The van der Waals surface area contributed by atoms with Gasteiger partial charge in [0.2, 0.25) is 0 Å². The fourth-order valence-electron chi connectivity index (χ4n) is 2.05. The third-order valence-corrected chi connectivity index (χ3v) is 3.64. The van der Waals surface area contributed by atoms with Crippen LogP contribution in [-0.2, 0) is 12.6 Å². The van der Waals surface area contributed by atoms with Gasteiger partial charge in [-0.05, 0) is 12.8 Å². The van der Waals surface area contributed by atoms with E-state index in [1.807, 2.05) is 0 Å². The van der Waals surface area contributed by atoms with E-state index >= 15 is 0 Å². The van der Waals surface area contributed by atoms with Crippen LogP contribution in [0.4, 0.5) is 5.82 Å². The Labute approximate surface area is 134 Å². The van der Waals surface area contributed by atoms with Crippen LogP contribution in [0.25, 0.3) is 0 Å². The van der Waals surface area contributed by atoms with Gasteiger partial charge in [0.1, 0.15) is 5.82 Å². The van der Waals surface area contributed by atoms with Gasteiger partial charge in [0.25, 0.3) is 0 Å². The van der Waals surface area contributed by atoms with Crippen molar-refractivity contribution in [2.75, 3.05) is 11.4 Å². The number of halogens is 1. The van der Waals surface area contributed by atoms with Crippen molar-refractivity contribution in [2.24, 2.45) is 0 Å². The molecule has 2 rings (SSSR count). The van der Waals surface area contributed by atoms with Crippen LogP contribution in [0, 0.1) is 11.3 Å². The number of rotatable bonds is 2. The van der Waals surface area contributed by atoms with Crippen molar-refractivity contribution < 1.29 is 29.6 Å². The van der Waals surface area contributed by atoms with Crippen molar-refractivity contribution >= 4 is 30.0 Å². The second-order valence-corrected chi connectivity index (χ2v) is 4.62. The molecular weight excluding hydrogens is 265 g/mol. The maximum atomic E-state index is 8.76. The van der Waals surface area contributed by atoms with Crippen molar-refractivity contribution in [1.82, 2.24) is 4.98 Å². The van der Waals surface area contributed by atoms with E-state index in [9.17, 15) is 0 Å². The number of anilines is 1. The standard InChI is InChI=1S/C11H12ClN3S.Na/c12-10-9(16)4-6-14-11(10)15-7-1-2-8(15)3-5-13;/h4,6,8H,1-3,7H2,(H,14,16);/q;+1/p-1. The zero-order chi connectivity index (χ0) is 11.5. The molecule has 17 heavy (non-hydrogen) atoms. The number of hydrogen-bond donors (Lipinski definition) is 0. The molecule has 0 aromatic carbocycles. The quantitative estimate of drug-likeness (QED) is 0.540. The van der Waals surface area contributed by atoms with Gasteiger partial charge in [-0.1, -0.05) is 17.7 Å². The summed E-state index contributed by atoms with van der Waals surface area (Å²) in [6.07, 6.45) is 4.28. The van der Waals surface area contributed by atoms with Crippen LogP contribution < -0.4 is 34.5 Å². The van der Waals surface area contributed by atoms with Gasteiger partial charge in [0, 0.05) is 18.8 Å². The van der Waals surface area contributed by atoms with E-state index in [0.717, 1.165) is 25.2 Å². The zero-order valence-corrected chi connectivity index (χ0v) is 13.3. The van der Waals surface area contributed by atoms with Crippen LogP contribution in [0.2, 0.25) is 5.02 Å². The van der Waals surface area contributed by atoms with E-state index in [-0.39, 0.29) is 35.6 Å². The average molecular weight is 276 g/mol. The first-order chi connectivity index (χ1) is 7.74. The van der Waals surface area contributed by atoms with Crippen molar-refractivity contribution in [3.05, 3.63) is 17.3 Å². The van der Waals surface area contributed by atoms with Gasteiger partial charge in [-0.2, -0.15) is 10.2 Å². The molecule has 3 nitrogen and oxygen atoms in total. The Morgan fingerprint density at radius 1 is 1.65 bits per heavy atom. The second-order valence-electron chi connectivity index (χ2n) is 3.80. The van der Waals surface area contributed by atoms with Gasteiger partial charge in [-0.3, -0.25) is 0 Å². The van der Waals surface area contributed by atoms with Gasteiger partial charge in [-0.25, -0.2) is 4.98 Å². The molecule has 1 aliphatic heterocycles. The summed E-state index contributed by atoms with van der Waals surface area (Å²) in [6.45, 7) is 0.901. The minimum absolute atomic E-state index is 0. The van der Waals surface area contributed by atoms with Crippen LogP contribution in [0.1, 0.15) is 19.3 Å². The summed E-state index contributed by atoms with van der Waals surface area (Å²) in [5.74, 6) is 0.729. The summed E-state index contributed by atoms with van der Waals surface area (Å²) in [6, 6.07) is 4.15.